The quantitative estimate of drug-likeness (QED) is 0.177. The topological polar surface area (TPSA) is 84.6 Å². The fourth-order valence-electron chi connectivity index (χ4n) is 5.45. The van der Waals surface area contributed by atoms with E-state index in [1.54, 1.807) is 68.9 Å². The Bertz CT molecular complexity index is 2110. The van der Waals surface area contributed by atoms with Gasteiger partial charge in [0.05, 0.1) is 38.6 Å². The molecule has 5 aromatic rings. The second-order valence-electron chi connectivity index (χ2n) is 11.2. The van der Waals surface area contributed by atoms with Crippen LogP contribution in [0.25, 0.3) is 5.69 Å². The van der Waals surface area contributed by atoms with Gasteiger partial charge < -0.3 is 0 Å². The Labute approximate surface area is 272 Å². The van der Waals surface area contributed by atoms with Gasteiger partial charge in [-0.25, -0.2) is 17.5 Å². The second kappa shape index (κ2) is 12.6. The molecule has 8 nitrogen and oxygen atoms in total. The highest BCUT2D eigenvalue weighted by Crippen LogP contribution is 2.34. The number of amides is 1. The summed E-state index contributed by atoms with van der Waals surface area (Å²) in [6, 6.07) is 24.0. The number of aromatic nitrogens is 2. The molecule has 0 bridgehead atoms. The van der Waals surface area contributed by atoms with Crippen molar-refractivity contribution in [2.75, 3.05) is 16.3 Å². The third-order valence-electron chi connectivity index (χ3n) is 8.19. The van der Waals surface area contributed by atoms with E-state index in [0.29, 0.717) is 11.4 Å². The monoisotopic (exact) mass is 660 g/mol. The first-order valence-corrected chi connectivity index (χ1v) is 16.3. The fourth-order valence-corrected chi connectivity index (χ4v) is 6.92. The van der Waals surface area contributed by atoms with E-state index in [-0.39, 0.29) is 26.9 Å². The molecule has 1 unspecified atom stereocenters. The molecule has 5 rings (SSSR count). The van der Waals surface area contributed by atoms with Gasteiger partial charge in [-0.05, 0) is 81.3 Å². The van der Waals surface area contributed by atoms with Crippen LogP contribution >= 0.6 is 11.6 Å². The van der Waals surface area contributed by atoms with Crippen molar-refractivity contribution in [3.05, 3.63) is 140 Å². The van der Waals surface area contributed by atoms with Crippen LogP contribution in [0, 0.1) is 26.6 Å². The summed E-state index contributed by atoms with van der Waals surface area (Å²) in [7, 11) is -1.42. The van der Waals surface area contributed by atoms with Crippen LogP contribution in [0.1, 0.15) is 45.7 Å². The molecule has 0 saturated carbocycles. The van der Waals surface area contributed by atoms with E-state index in [9.17, 15) is 18.0 Å². The molecule has 4 aromatic carbocycles. The Balaban J connectivity index is 1.60. The minimum absolute atomic E-state index is 0.0110. The smallest absolute Gasteiger partial charge is 0.296 e. The summed E-state index contributed by atoms with van der Waals surface area (Å²) in [6.07, 6.45) is 0. The first-order valence-electron chi connectivity index (χ1n) is 14.5. The molecule has 238 valence electrons. The maximum Gasteiger partial charge on any atom is 0.296 e. The van der Waals surface area contributed by atoms with Crippen molar-refractivity contribution in [3.63, 3.8) is 0 Å². The Kier molecular flexibility index (Phi) is 8.97. The van der Waals surface area contributed by atoms with Crippen molar-refractivity contribution in [2.24, 2.45) is 7.05 Å². The van der Waals surface area contributed by atoms with E-state index in [2.05, 4.69) is 0 Å². The predicted octanol–water partition coefficient (Wildman–Crippen LogP) is 7.13. The van der Waals surface area contributed by atoms with Gasteiger partial charge in [0, 0.05) is 14.1 Å². The maximum atomic E-state index is 15.4. The van der Waals surface area contributed by atoms with Crippen LogP contribution in [0.4, 0.5) is 15.8 Å². The van der Waals surface area contributed by atoms with Gasteiger partial charge in [-0.1, -0.05) is 65.7 Å². The molecule has 0 radical (unpaired) electrons. The summed E-state index contributed by atoms with van der Waals surface area (Å²) in [5, 5.41) is -0.0110. The van der Waals surface area contributed by atoms with Gasteiger partial charge in [-0.3, -0.25) is 23.5 Å². The van der Waals surface area contributed by atoms with Crippen molar-refractivity contribution >= 4 is 38.9 Å². The molecule has 0 aliphatic carbocycles. The van der Waals surface area contributed by atoms with Crippen LogP contribution < -0.4 is 14.8 Å². The number of halogens is 2. The number of benzene rings is 4. The molecule has 1 aromatic heterocycles. The largest absolute Gasteiger partial charge is 0.298 e. The second-order valence-corrected chi connectivity index (χ2v) is 13.6. The maximum absolute atomic E-state index is 15.4. The van der Waals surface area contributed by atoms with Crippen LogP contribution in [0.15, 0.2) is 101 Å². The lowest BCUT2D eigenvalue weighted by Gasteiger charge is -2.31. The van der Waals surface area contributed by atoms with E-state index in [1.165, 1.54) is 40.9 Å². The van der Waals surface area contributed by atoms with Gasteiger partial charge in [0.25, 0.3) is 21.5 Å². The summed E-state index contributed by atoms with van der Waals surface area (Å²) in [5.41, 5.74) is 2.79. The SMILES string of the molecule is Cc1ccc(C(C)N(C(=O)c2cc(S(=O)(=O)N(C)c3c(C)n(C)n(-c4ccccc4)c3=O)ccc2Cl)c2cc(C)ccc2F)cc1. The summed E-state index contributed by atoms with van der Waals surface area (Å²) in [4.78, 5) is 29.0. The van der Waals surface area contributed by atoms with Crippen LogP contribution in [0.3, 0.4) is 0 Å². The number of rotatable bonds is 8. The van der Waals surface area contributed by atoms with Gasteiger partial charge in [-0.15, -0.1) is 0 Å². The minimum Gasteiger partial charge on any atom is -0.298 e. The highest BCUT2D eigenvalue weighted by Gasteiger charge is 2.32. The molecular formula is C35H34ClFN4O4S. The fraction of sp³-hybridized carbons (Fsp3) is 0.200. The number of hydrogen-bond donors (Lipinski definition) is 0. The predicted molar refractivity (Wildman–Crippen MR) is 180 cm³/mol. The number of aryl methyl sites for hydroxylation is 2. The van der Waals surface area contributed by atoms with Crippen molar-refractivity contribution in [2.45, 2.75) is 38.6 Å². The number of hydrogen-bond acceptors (Lipinski definition) is 4. The van der Waals surface area contributed by atoms with Crippen LogP contribution in [-0.4, -0.2) is 30.7 Å². The zero-order valence-corrected chi connectivity index (χ0v) is 27.9. The Morgan fingerprint density at radius 2 is 1.52 bits per heavy atom. The van der Waals surface area contributed by atoms with E-state index < -0.39 is 33.3 Å². The van der Waals surface area contributed by atoms with Crippen LogP contribution in [0.2, 0.25) is 5.02 Å². The van der Waals surface area contributed by atoms with Crippen molar-refractivity contribution in [1.82, 2.24) is 9.36 Å². The summed E-state index contributed by atoms with van der Waals surface area (Å²) < 4.78 is 47.3. The van der Waals surface area contributed by atoms with Gasteiger partial charge >= 0.3 is 0 Å². The number of carbonyl (C=O) groups is 1. The van der Waals surface area contributed by atoms with E-state index in [4.69, 9.17) is 11.6 Å². The van der Waals surface area contributed by atoms with Crippen molar-refractivity contribution < 1.29 is 17.6 Å². The molecule has 0 aliphatic rings. The third-order valence-corrected chi connectivity index (χ3v) is 10.3. The van der Waals surface area contributed by atoms with E-state index in [1.807, 2.05) is 37.3 Å². The van der Waals surface area contributed by atoms with Gasteiger partial charge in [0.2, 0.25) is 0 Å². The van der Waals surface area contributed by atoms with Crippen LogP contribution in [-0.2, 0) is 17.1 Å². The number of anilines is 2. The van der Waals surface area contributed by atoms with Crippen LogP contribution in [0.5, 0.6) is 0 Å². The summed E-state index contributed by atoms with van der Waals surface area (Å²) >= 11 is 6.55. The average molecular weight is 661 g/mol. The molecule has 0 spiro atoms. The molecule has 0 saturated heterocycles. The summed E-state index contributed by atoms with van der Waals surface area (Å²) in [6.45, 7) is 7.14. The number of nitrogens with zero attached hydrogens (tertiary/aromatic N) is 4. The Hall–Kier alpha value is -4.67. The average Bonchev–Trinajstić information content (AvgIpc) is 3.25. The third kappa shape index (κ3) is 5.86. The van der Waals surface area contributed by atoms with Crippen molar-refractivity contribution in [3.8, 4) is 5.69 Å². The lowest BCUT2D eigenvalue weighted by molar-refractivity contribution is 0.0977. The molecule has 1 amide bonds. The van der Waals surface area contributed by atoms with Crippen molar-refractivity contribution in [1.29, 1.82) is 0 Å². The highest BCUT2D eigenvalue weighted by molar-refractivity contribution is 7.92. The van der Waals surface area contributed by atoms with E-state index in [0.717, 1.165) is 21.0 Å². The van der Waals surface area contributed by atoms with Gasteiger partial charge in [0.1, 0.15) is 11.5 Å². The molecular weight excluding hydrogens is 627 g/mol. The molecule has 0 N–H and O–H groups in total. The first kappa shape index (κ1) is 32.7. The molecule has 1 heterocycles. The standard InChI is InChI=1S/C35H34ClFN4O4S/c1-22-12-15-26(16-13-22)24(3)40(32-20-23(2)14-19-31(32)37)34(42)29-21-28(17-18-30(29)36)46(44,45)39(6)33-25(4)38(5)41(35(33)43)27-10-8-7-9-11-27/h7-21,24H,1-6H3. The number of para-hydroxylation sites is 1. The first-order chi connectivity index (χ1) is 21.7. The number of sulfonamides is 1. The molecule has 0 fully saturated rings. The number of carbonyl (C=O) groups excluding carboxylic acids is 1. The van der Waals surface area contributed by atoms with Gasteiger partial charge in [-0.2, -0.15) is 0 Å². The molecule has 11 heteroatoms. The zero-order valence-electron chi connectivity index (χ0n) is 26.3. The molecule has 46 heavy (non-hydrogen) atoms. The lowest BCUT2D eigenvalue weighted by atomic mass is 10.0. The van der Waals surface area contributed by atoms with Gasteiger partial charge in [0.15, 0.2) is 0 Å². The summed E-state index contributed by atoms with van der Waals surface area (Å²) in [5.74, 6) is -1.31. The molecule has 1 atom stereocenters. The normalized spacial score (nSPS) is 12.2. The molecule has 0 aliphatic heterocycles. The highest BCUT2D eigenvalue weighted by atomic mass is 35.5. The zero-order chi connectivity index (χ0) is 33.5. The minimum atomic E-state index is -4.37. The lowest BCUT2D eigenvalue weighted by Crippen LogP contribution is -2.35. The Morgan fingerprint density at radius 1 is 0.891 bits per heavy atom. The van der Waals surface area contributed by atoms with E-state index >= 15 is 4.39 Å². The Morgan fingerprint density at radius 3 is 2.17 bits per heavy atom.